The molecule has 0 bridgehead atoms. The number of halogens is 2. The predicted molar refractivity (Wildman–Crippen MR) is 123 cm³/mol. The van der Waals surface area contributed by atoms with Crippen LogP contribution in [0.4, 0.5) is 25.1 Å². The normalized spacial score (nSPS) is 20.3. The second kappa shape index (κ2) is 8.05. The van der Waals surface area contributed by atoms with Crippen LogP contribution < -0.4 is 10.2 Å². The number of aromatic nitrogens is 1. The highest BCUT2D eigenvalue weighted by molar-refractivity contribution is 6.22. The highest BCUT2D eigenvalue weighted by atomic mass is 19.3. The van der Waals surface area contributed by atoms with Crippen LogP contribution in [-0.2, 0) is 16.8 Å². The van der Waals surface area contributed by atoms with Crippen molar-refractivity contribution in [2.45, 2.75) is 70.0 Å². The minimum atomic E-state index is -2.85. The zero-order chi connectivity index (χ0) is 24.9. The average Bonchev–Trinajstić information content (AvgIpc) is 2.91. The van der Waals surface area contributed by atoms with E-state index in [0.717, 1.165) is 10.5 Å². The van der Waals surface area contributed by atoms with Gasteiger partial charge in [-0.1, -0.05) is 12.1 Å². The summed E-state index contributed by atoms with van der Waals surface area (Å²) in [5.74, 6) is -2.55. The molecule has 178 valence electrons. The highest BCUT2D eigenvalue weighted by Crippen LogP contribution is 2.53. The lowest BCUT2D eigenvalue weighted by Gasteiger charge is -2.42. The molecule has 0 atom stereocenters. The molecule has 1 aromatic carbocycles. The van der Waals surface area contributed by atoms with Gasteiger partial charge in [-0.3, -0.25) is 4.79 Å². The molecule has 9 heteroatoms. The molecule has 3 amide bonds. The summed E-state index contributed by atoms with van der Waals surface area (Å²) in [4.78, 5) is 33.5. The molecule has 0 radical (unpaired) electrons. The number of nitriles is 1. The lowest BCUT2D eigenvalue weighted by Crippen LogP contribution is -2.48. The number of benzene rings is 1. The van der Waals surface area contributed by atoms with Crippen molar-refractivity contribution in [1.29, 1.82) is 5.26 Å². The van der Waals surface area contributed by atoms with E-state index in [1.807, 2.05) is 26.0 Å². The number of imide groups is 1. The predicted octanol–water partition coefficient (Wildman–Crippen LogP) is 4.84. The number of hydrogen-bond acceptors (Lipinski definition) is 5. The van der Waals surface area contributed by atoms with Crippen LogP contribution in [0.25, 0.3) is 0 Å². The first-order valence-electron chi connectivity index (χ1n) is 11.2. The van der Waals surface area contributed by atoms with Crippen LogP contribution in [0.1, 0.15) is 51.7 Å². The van der Waals surface area contributed by atoms with Crippen LogP contribution in [-0.4, -0.2) is 39.3 Å². The van der Waals surface area contributed by atoms with Crippen molar-refractivity contribution < 1.29 is 18.4 Å². The van der Waals surface area contributed by atoms with Gasteiger partial charge in [0, 0.05) is 31.6 Å². The standard InChI is InChI=1S/C25H27F2N5O2/c1-16(2)30-20-11-17(9-10-29-20)12-31-22(34)32(21(33)23(31,3)4)19-7-5-18(6-8-19)24(15-28)13-25(26,27)14-24/h5-11,16H,12-14H2,1-4H3,(H,29,30). The molecule has 2 heterocycles. The third kappa shape index (κ3) is 3.98. The zero-order valence-corrected chi connectivity index (χ0v) is 19.6. The summed E-state index contributed by atoms with van der Waals surface area (Å²) in [6.45, 7) is 7.60. The van der Waals surface area contributed by atoms with Crippen LogP contribution in [0.3, 0.4) is 0 Å². The van der Waals surface area contributed by atoms with Crippen LogP contribution in [0.15, 0.2) is 42.6 Å². The Kier molecular flexibility index (Phi) is 5.59. The second-order valence-corrected chi connectivity index (χ2v) is 9.87. The number of alkyl halides is 2. The maximum absolute atomic E-state index is 13.5. The topological polar surface area (TPSA) is 89.3 Å². The first-order valence-corrected chi connectivity index (χ1v) is 11.2. The molecule has 4 rings (SSSR count). The van der Waals surface area contributed by atoms with Crippen molar-refractivity contribution in [1.82, 2.24) is 9.88 Å². The van der Waals surface area contributed by atoms with E-state index in [0.29, 0.717) is 17.1 Å². The summed E-state index contributed by atoms with van der Waals surface area (Å²) < 4.78 is 26.9. The molecule has 1 aliphatic heterocycles. The van der Waals surface area contributed by atoms with Crippen LogP contribution in [0.5, 0.6) is 0 Å². The Morgan fingerprint density at radius 2 is 1.79 bits per heavy atom. The van der Waals surface area contributed by atoms with Gasteiger partial charge in [0.2, 0.25) is 0 Å². The van der Waals surface area contributed by atoms with E-state index in [9.17, 15) is 23.6 Å². The van der Waals surface area contributed by atoms with E-state index in [2.05, 4.69) is 10.3 Å². The molecule has 2 aliphatic rings. The van der Waals surface area contributed by atoms with E-state index in [4.69, 9.17) is 0 Å². The Morgan fingerprint density at radius 3 is 2.35 bits per heavy atom. The van der Waals surface area contributed by atoms with Crippen molar-refractivity contribution in [2.24, 2.45) is 0 Å². The van der Waals surface area contributed by atoms with Crippen molar-refractivity contribution in [2.75, 3.05) is 10.2 Å². The monoisotopic (exact) mass is 467 g/mol. The van der Waals surface area contributed by atoms with Crippen LogP contribution in [0, 0.1) is 11.3 Å². The quantitative estimate of drug-likeness (QED) is 0.614. The number of carbonyl (C=O) groups excluding carboxylic acids is 2. The van der Waals surface area contributed by atoms with Gasteiger partial charge in [-0.2, -0.15) is 5.26 Å². The second-order valence-electron chi connectivity index (χ2n) is 9.87. The van der Waals surface area contributed by atoms with E-state index in [-0.39, 0.29) is 18.5 Å². The molecular formula is C25H27F2N5O2. The van der Waals surface area contributed by atoms with Crippen molar-refractivity contribution in [3.05, 3.63) is 53.7 Å². The molecule has 1 N–H and O–H groups in total. The van der Waals surface area contributed by atoms with Gasteiger partial charge in [0.1, 0.15) is 11.4 Å². The number of urea groups is 1. The Labute approximate surface area is 197 Å². The number of pyridine rings is 1. The van der Waals surface area contributed by atoms with Crippen LogP contribution in [0.2, 0.25) is 0 Å². The number of rotatable bonds is 6. The molecule has 1 aromatic heterocycles. The SMILES string of the molecule is CC(C)Nc1cc(CN2C(=O)N(c3ccc(C4(C#N)CC(F)(F)C4)cc3)C(=O)C2(C)C)ccn1. The smallest absolute Gasteiger partial charge is 0.332 e. The Hall–Kier alpha value is -3.54. The van der Waals surface area contributed by atoms with Crippen molar-refractivity contribution >= 4 is 23.4 Å². The average molecular weight is 468 g/mol. The molecule has 1 saturated heterocycles. The Morgan fingerprint density at radius 1 is 1.15 bits per heavy atom. The summed E-state index contributed by atoms with van der Waals surface area (Å²) in [5, 5.41) is 12.7. The van der Waals surface area contributed by atoms with Crippen LogP contribution >= 0.6 is 0 Å². The van der Waals surface area contributed by atoms with Crippen molar-refractivity contribution in [3.63, 3.8) is 0 Å². The number of carbonyl (C=O) groups is 2. The summed E-state index contributed by atoms with van der Waals surface area (Å²) in [7, 11) is 0. The molecule has 0 spiro atoms. The minimum absolute atomic E-state index is 0.194. The van der Waals surface area contributed by atoms with Gasteiger partial charge in [0.25, 0.3) is 11.8 Å². The van der Waals surface area contributed by atoms with E-state index >= 15 is 0 Å². The van der Waals surface area contributed by atoms with Gasteiger partial charge in [-0.05, 0) is 63.1 Å². The number of anilines is 2. The molecule has 2 aromatic rings. The summed E-state index contributed by atoms with van der Waals surface area (Å²) >= 11 is 0. The number of hydrogen-bond donors (Lipinski definition) is 1. The molecule has 34 heavy (non-hydrogen) atoms. The fourth-order valence-electron chi connectivity index (χ4n) is 4.57. The summed E-state index contributed by atoms with van der Waals surface area (Å²) in [6.07, 6.45) is 0.594. The Balaban J connectivity index is 1.57. The number of amides is 3. The first kappa shape index (κ1) is 23.6. The van der Waals surface area contributed by atoms with Gasteiger partial charge in [0.15, 0.2) is 0 Å². The van der Waals surface area contributed by atoms with E-state index < -0.39 is 35.7 Å². The minimum Gasteiger partial charge on any atom is -0.368 e. The Bertz CT molecular complexity index is 1160. The first-order chi connectivity index (χ1) is 15.9. The highest BCUT2D eigenvalue weighted by Gasteiger charge is 2.58. The van der Waals surface area contributed by atoms with Crippen molar-refractivity contribution in [3.8, 4) is 6.07 Å². The third-order valence-electron chi connectivity index (χ3n) is 6.44. The maximum atomic E-state index is 13.5. The lowest BCUT2D eigenvalue weighted by molar-refractivity contribution is -0.123. The number of nitrogens with zero attached hydrogens (tertiary/aromatic N) is 4. The fourth-order valence-corrected chi connectivity index (χ4v) is 4.57. The summed E-state index contributed by atoms with van der Waals surface area (Å²) in [5.41, 5.74) is -0.706. The largest absolute Gasteiger partial charge is 0.368 e. The van der Waals surface area contributed by atoms with Gasteiger partial charge in [-0.25, -0.2) is 23.5 Å². The molecular weight excluding hydrogens is 440 g/mol. The zero-order valence-electron chi connectivity index (χ0n) is 19.6. The van der Waals surface area contributed by atoms with Gasteiger partial charge >= 0.3 is 6.03 Å². The van der Waals surface area contributed by atoms with Gasteiger partial charge in [-0.15, -0.1) is 0 Å². The van der Waals surface area contributed by atoms with Gasteiger partial charge in [0.05, 0.1) is 17.2 Å². The molecule has 1 saturated carbocycles. The third-order valence-corrected chi connectivity index (χ3v) is 6.44. The van der Waals surface area contributed by atoms with E-state index in [1.54, 1.807) is 38.2 Å². The van der Waals surface area contributed by atoms with Gasteiger partial charge < -0.3 is 10.2 Å². The number of nitrogens with one attached hydrogen (secondary N) is 1. The molecule has 7 nitrogen and oxygen atoms in total. The molecule has 0 unspecified atom stereocenters. The lowest BCUT2D eigenvalue weighted by atomic mass is 9.63. The maximum Gasteiger partial charge on any atom is 0.332 e. The molecule has 1 aliphatic carbocycles. The molecule has 2 fully saturated rings. The fraction of sp³-hybridized carbons (Fsp3) is 0.440. The van der Waals surface area contributed by atoms with E-state index in [1.165, 1.54) is 17.0 Å². The summed E-state index contributed by atoms with van der Waals surface area (Å²) in [6, 6.07) is 11.6.